The Morgan fingerprint density at radius 3 is 2.73 bits per heavy atom. The minimum absolute atomic E-state index is 0.0253. The summed E-state index contributed by atoms with van der Waals surface area (Å²) in [7, 11) is -3.80. The van der Waals surface area contributed by atoms with Gasteiger partial charge < -0.3 is 4.89 Å². The van der Waals surface area contributed by atoms with Gasteiger partial charge in [-0.05, 0) is 6.42 Å². The van der Waals surface area contributed by atoms with Gasteiger partial charge >= 0.3 is 7.82 Å². The topological polar surface area (TPSA) is 55.8 Å². The van der Waals surface area contributed by atoms with Crippen molar-refractivity contribution in [2.24, 2.45) is 0 Å². The van der Waals surface area contributed by atoms with E-state index in [4.69, 9.17) is 4.89 Å². The van der Waals surface area contributed by atoms with Crippen LogP contribution in [0.25, 0.3) is 0 Å². The molecule has 0 aliphatic carbocycles. The predicted molar refractivity (Wildman–Crippen MR) is 42.2 cm³/mol. The summed E-state index contributed by atoms with van der Waals surface area (Å²) in [6, 6.07) is 0. The summed E-state index contributed by atoms with van der Waals surface area (Å²) in [5.41, 5.74) is 0. The van der Waals surface area contributed by atoms with Crippen molar-refractivity contribution in [3.8, 4) is 0 Å². The average molecular weight is 180 g/mol. The summed E-state index contributed by atoms with van der Waals surface area (Å²) in [5.74, 6) is 0. The highest BCUT2D eigenvalue weighted by atomic mass is 31.2. The lowest BCUT2D eigenvalue weighted by atomic mass is 10.5. The van der Waals surface area contributed by atoms with Crippen molar-refractivity contribution >= 4 is 7.82 Å². The minimum atomic E-state index is -3.80. The first-order chi connectivity index (χ1) is 5.12. The molecule has 0 bridgehead atoms. The van der Waals surface area contributed by atoms with Crippen molar-refractivity contribution in [3.05, 3.63) is 12.7 Å². The smallest absolute Gasteiger partial charge is 0.302 e. The molecule has 0 aliphatic heterocycles. The molecular weight excluding hydrogens is 167 g/mol. The molecule has 0 aromatic rings. The Hall–Kier alpha value is -0.150. The zero-order valence-corrected chi connectivity index (χ0v) is 7.42. The van der Waals surface area contributed by atoms with E-state index in [-0.39, 0.29) is 13.2 Å². The number of rotatable bonds is 6. The molecule has 0 fully saturated rings. The van der Waals surface area contributed by atoms with Crippen LogP contribution in [0.5, 0.6) is 0 Å². The molecule has 66 valence electrons. The molecule has 5 heteroatoms. The van der Waals surface area contributed by atoms with Crippen LogP contribution in [-0.2, 0) is 13.6 Å². The van der Waals surface area contributed by atoms with Crippen LogP contribution in [0.3, 0.4) is 0 Å². The third-order valence-electron chi connectivity index (χ3n) is 0.814. The fraction of sp³-hybridized carbons (Fsp3) is 0.667. The maximum Gasteiger partial charge on any atom is 0.472 e. The van der Waals surface area contributed by atoms with Gasteiger partial charge in [-0.2, -0.15) is 0 Å². The second-order valence-corrected chi connectivity index (χ2v) is 3.34. The van der Waals surface area contributed by atoms with Crippen LogP contribution in [0.1, 0.15) is 13.3 Å². The molecule has 0 aliphatic rings. The van der Waals surface area contributed by atoms with E-state index in [1.165, 1.54) is 6.08 Å². The van der Waals surface area contributed by atoms with E-state index in [9.17, 15) is 4.57 Å². The molecule has 11 heavy (non-hydrogen) atoms. The fourth-order valence-corrected chi connectivity index (χ4v) is 1.17. The van der Waals surface area contributed by atoms with E-state index in [0.29, 0.717) is 6.42 Å². The second-order valence-electron chi connectivity index (χ2n) is 1.89. The first-order valence-corrected chi connectivity index (χ1v) is 4.84. The standard InChI is InChI=1S/C6H13O4P/c1-3-5-9-11(7,8)10-6-4-2/h3H,1,4-6H2,2H3,(H,7,8). The zero-order valence-electron chi connectivity index (χ0n) is 6.52. The van der Waals surface area contributed by atoms with E-state index in [1.807, 2.05) is 6.92 Å². The molecule has 1 atom stereocenters. The highest BCUT2D eigenvalue weighted by Gasteiger charge is 2.18. The van der Waals surface area contributed by atoms with Crippen molar-refractivity contribution in [2.45, 2.75) is 13.3 Å². The molecule has 0 saturated carbocycles. The third-order valence-corrected chi connectivity index (χ3v) is 1.80. The Morgan fingerprint density at radius 1 is 1.64 bits per heavy atom. The van der Waals surface area contributed by atoms with E-state index in [1.54, 1.807) is 0 Å². The van der Waals surface area contributed by atoms with Crippen molar-refractivity contribution in [1.29, 1.82) is 0 Å². The Balaban J connectivity index is 3.61. The van der Waals surface area contributed by atoms with Gasteiger partial charge in [0.1, 0.15) is 0 Å². The van der Waals surface area contributed by atoms with Gasteiger partial charge in [0.25, 0.3) is 0 Å². The third kappa shape index (κ3) is 6.26. The van der Waals surface area contributed by atoms with Gasteiger partial charge in [-0.3, -0.25) is 9.05 Å². The van der Waals surface area contributed by atoms with Gasteiger partial charge in [0.2, 0.25) is 0 Å². The number of phosphoric ester groups is 1. The maximum absolute atomic E-state index is 10.8. The fourth-order valence-electron chi connectivity index (χ4n) is 0.391. The van der Waals surface area contributed by atoms with Gasteiger partial charge in [-0.25, -0.2) is 4.57 Å². The summed E-state index contributed by atoms with van der Waals surface area (Å²) in [6.45, 7) is 5.42. The minimum Gasteiger partial charge on any atom is -0.302 e. The SMILES string of the molecule is C=CCOP(=O)(O)OCCC. The summed E-state index contributed by atoms with van der Waals surface area (Å²) in [6.07, 6.45) is 2.07. The quantitative estimate of drug-likeness (QED) is 0.499. The Labute approximate surface area is 66.4 Å². The maximum atomic E-state index is 10.8. The van der Waals surface area contributed by atoms with Crippen LogP contribution in [0, 0.1) is 0 Å². The summed E-state index contributed by atoms with van der Waals surface area (Å²) < 4.78 is 19.8. The summed E-state index contributed by atoms with van der Waals surface area (Å²) in [5, 5.41) is 0. The highest BCUT2D eigenvalue weighted by molar-refractivity contribution is 7.47. The van der Waals surface area contributed by atoms with Crippen molar-refractivity contribution < 1.29 is 18.5 Å². The molecule has 4 nitrogen and oxygen atoms in total. The molecule has 0 radical (unpaired) electrons. The van der Waals surface area contributed by atoms with Crippen LogP contribution < -0.4 is 0 Å². The Bertz CT molecular complexity index is 157. The van der Waals surface area contributed by atoms with Gasteiger partial charge in [-0.15, -0.1) is 6.58 Å². The summed E-state index contributed by atoms with van der Waals surface area (Å²) in [4.78, 5) is 8.84. The van der Waals surface area contributed by atoms with E-state index in [0.717, 1.165) is 0 Å². The van der Waals surface area contributed by atoms with E-state index < -0.39 is 7.82 Å². The van der Waals surface area contributed by atoms with Crippen LogP contribution >= 0.6 is 7.82 Å². The van der Waals surface area contributed by atoms with Crippen molar-refractivity contribution in [1.82, 2.24) is 0 Å². The summed E-state index contributed by atoms with van der Waals surface area (Å²) >= 11 is 0. The predicted octanol–water partition coefficient (Wildman–Crippen LogP) is 1.72. The first kappa shape index (κ1) is 10.8. The van der Waals surface area contributed by atoms with Crippen LogP contribution in [-0.4, -0.2) is 18.1 Å². The van der Waals surface area contributed by atoms with Crippen LogP contribution in [0.15, 0.2) is 12.7 Å². The van der Waals surface area contributed by atoms with Crippen molar-refractivity contribution in [2.75, 3.05) is 13.2 Å². The lowest BCUT2D eigenvalue weighted by molar-refractivity contribution is 0.161. The molecule has 0 amide bonds. The zero-order chi connectivity index (χ0) is 8.74. The van der Waals surface area contributed by atoms with E-state index in [2.05, 4.69) is 15.6 Å². The van der Waals surface area contributed by atoms with Crippen LogP contribution in [0.2, 0.25) is 0 Å². The molecule has 0 aromatic carbocycles. The molecule has 0 aromatic heterocycles. The lowest BCUT2D eigenvalue weighted by Gasteiger charge is -2.09. The molecular formula is C6H13O4P. The largest absolute Gasteiger partial charge is 0.472 e. The number of phosphoric acid groups is 1. The van der Waals surface area contributed by atoms with Gasteiger partial charge in [0.15, 0.2) is 0 Å². The Morgan fingerprint density at radius 2 is 2.27 bits per heavy atom. The molecule has 1 N–H and O–H groups in total. The van der Waals surface area contributed by atoms with Crippen LogP contribution in [0.4, 0.5) is 0 Å². The van der Waals surface area contributed by atoms with Gasteiger partial charge in [-0.1, -0.05) is 13.0 Å². The monoisotopic (exact) mass is 180 g/mol. The number of hydrogen-bond acceptors (Lipinski definition) is 3. The molecule has 0 heterocycles. The van der Waals surface area contributed by atoms with Gasteiger partial charge in [0, 0.05) is 0 Å². The lowest BCUT2D eigenvalue weighted by Crippen LogP contribution is -1.95. The van der Waals surface area contributed by atoms with E-state index >= 15 is 0 Å². The van der Waals surface area contributed by atoms with Gasteiger partial charge in [0.05, 0.1) is 13.2 Å². The second kappa shape index (κ2) is 5.49. The average Bonchev–Trinajstić information content (AvgIpc) is 1.97. The first-order valence-electron chi connectivity index (χ1n) is 3.35. The normalized spacial score (nSPS) is 15.8. The molecule has 0 spiro atoms. The number of hydrogen-bond donors (Lipinski definition) is 1. The Kier molecular flexibility index (Phi) is 5.42. The molecule has 1 unspecified atom stereocenters. The molecule has 0 rings (SSSR count). The highest BCUT2D eigenvalue weighted by Crippen LogP contribution is 2.42. The van der Waals surface area contributed by atoms with Crippen molar-refractivity contribution in [3.63, 3.8) is 0 Å². The molecule has 0 saturated heterocycles.